The van der Waals surface area contributed by atoms with E-state index >= 15 is 0 Å². The SMILES string of the molecule is CCC[C@@H](CCO)Nc1nc(N)nc2cnn(Cc3ccc(C4CN(C5CCOCC5)CCN4)cc3OC)c12. The Morgan fingerprint density at radius 3 is 2.87 bits per heavy atom. The molecule has 39 heavy (non-hydrogen) atoms. The number of aliphatic hydroxyl groups is 1. The first kappa shape index (κ1) is 27.6. The minimum atomic E-state index is 0.0818. The first-order chi connectivity index (χ1) is 19.1. The molecule has 5 rings (SSSR count). The molecular formula is C28H42N8O3. The van der Waals surface area contributed by atoms with Gasteiger partial charge in [-0.15, -0.1) is 0 Å². The van der Waals surface area contributed by atoms with Crippen molar-refractivity contribution < 1.29 is 14.6 Å². The molecule has 2 saturated heterocycles. The van der Waals surface area contributed by atoms with E-state index in [2.05, 4.69) is 55.7 Å². The molecule has 11 nitrogen and oxygen atoms in total. The number of nitrogen functional groups attached to an aromatic ring is 1. The number of anilines is 2. The van der Waals surface area contributed by atoms with Crippen molar-refractivity contribution in [2.24, 2.45) is 0 Å². The summed E-state index contributed by atoms with van der Waals surface area (Å²) < 4.78 is 13.3. The van der Waals surface area contributed by atoms with Crippen molar-refractivity contribution in [3.8, 4) is 5.75 Å². The van der Waals surface area contributed by atoms with Gasteiger partial charge >= 0.3 is 0 Å². The molecule has 2 aliphatic heterocycles. The van der Waals surface area contributed by atoms with Gasteiger partial charge in [-0.05, 0) is 37.3 Å². The predicted octanol–water partition coefficient (Wildman–Crippen LogP) is 2.55. The Balaban J connectivity index is 1.37. The second-order valence-corrected chi connectivity index (χ2v) is 10.5. The van der Waals surface area contributed by atoms with Crippen molar-refractivity contribution in [2.45, 2.75) is 63.7 Å². The third-order valence-electron chi connectivity index (χ3n) is 7.91. The molecule has 2 atom stereocenters. The Hall–Kier alpha value is -2.99. The molecule has 5 N–H and O–H groups in total. The van der Waals surface area contributed by atoms with Crippen molar-refractivity contribution in [3.63, 3.8) is 0 Å². The zero-order valence-electron chi connectivity index (χ0n) is 23.1. The van der Waals surface area contributed by atoms with Gasteiger partial charge in [0.1, 0.15) is 16.8 Å². The maximum atomic E-state index is 9.53. The molecule has 2 aromatic heterocycles. The highest BCUT2D eigenvalue weighted by Crippen LogP contribution is 2.30. The van der Waals surface area contributed by atoms with Crippen LogP contribution in [-0.2, 0) is 11.3 Å². The number of rotatable bonds is 11. The molecule has 0 saturated carbocycles. The third-order valence-corrected chi connectivity index (χ3v) is 7.91. The van der Waals surface area contributed by atoms with E-state index in [0.29, 0.717) is 30.3 Å². The van der Waals surface area contributed by atoms with E-state index in [1.54, 1.807) is 13.3 Å². The van der Waals surface area contributed by atoms with Gasteiger partial charge in [0, 0.05) is 63.1 Å². The van der Waals surface area contributed by atoms with Crippen LogP contribution in [0.3, 0.4) is 0 Å². The van der Waals surface area contributed by atoms with E-state index in [4.69, 9.17) is 15.2 Å². The third kappa shape index (κ3) is 6.43. The van der Waals surface area contributed by atoms with Crippen LogP contribution < -0.4 is 21.1 Å². The van der Waals surface area contributed by atoms with Crippen LogP contribution in [-0.4, -0.2) is 88.4 Å². The lowest BCUT2D eigenvalue weighted by atomic mass is 9.99. The number of ether oxygens (including phenoxy) is 2. The lowest BCUT2D eigenvalue weighted by molar-refractivity contribution is 0.0234. The zero-order chi connectivity index (χ0) is 27.2. The zero-order valence-corrected chi connectivity index (χ0v) is 23.1. The molecule has 1 aromatic carbocycles. The lowest BCUT2D eigenvalue weighted by Crippen LogP contribution is -2.51. The van der Waals surface area contributed by atoms with Crippen LogP contribution in [0.5, 0.6) is 5.75 Å². The molecule has 212 valence electrons. The highest BCUT2D eigenvalue weighted by atomic mass is 16.5. The molecule has 0 amide bonds. The van der Waals surface area contributed by atoms with Gasteiger partial charge in [-0.1, -0.05) is 25.5 Å². The number of fused-ring (bicyclic) bond motifs is 1. The smallest absolute Gasteiger partial charge is 0.222 e. The molecule has 2 aliphatic rings. The summed E-state index contributed by atoms with van der Waals surface area (Å²) in [6.07, 6.45) is 6.47. The number of piperazine rings is 1. The molecule has 0 bridgehead atoms. The van der Waals surface area contributed by atoms with E-state index in [0.717, 1.165) is 75.4 Å². The van der Waals surface area contributed by atoms with Crippen LogP contribution in [0, 0.1) is 0 Å². The fraction of sp³-hybridized carbons (Fsp3) is 0.607. The van der Waals surface area contributed by atoms with Gasteiger partial charge in [-0.25, -0.2) is 4.98 Å². The highest BCUT2D eigenvalue weighted by molar-refractivity contribution is 5.86. The van der Waals surface area contributed by atoms with Gasteiger partial charge < -0.3 is 30.9 Å². The van der Waals surface area contributed by atoms with Gasteiger partial charge in [0.25, 0.3) is 0 Å². The Morgan fingerprint density at radius 2 is 2.10 bits per heavy atom. The molecule has 11 heteroatoms. The van der Waals surface area contributed by atoms with Gasteiger partial charge in [-0.3, -0.25) is 9.58 Å². The van der Waals surface area contributed by atoms with Crippen LogP contribution in [0.2, 0.25) is 0 Å². The number of benzene rings is 1. The van der Waals surface area contributed by atoms with Crippen LogP contribution in [0.25, 0.3) is 11.0 Å². The second-order valence-electron chi connectivity index (χ2n) is 10.5. The maximum absolute atomic E-state index is 9.53. The molecule has 2 fully saturated rings. The van der Waals surface area contributed by atoms with Crippen molar-refractivity contribution in [2.75, 3.05) is 57.6 Å². The number of nitrogens with two attached hydrogens (primary N) is 1. The second kappa shape index (κ2) is 12.9. The summed E-state index contributed by atoms with van der Waals surface area (Å²) in [5.74, 6) is 1.66. The first-order valence-electron chi connectivity index (χ1n) is 14.2. The number of methoxy groups -OCH3 is 1. The number of aliphatic hydroxyl groups excluding tert-OH is 1. The quantitative estimate of drug-likeness (QED) is 0.288. The van der Waals surface area contributed by atoms with E-state index in [1.807, 2.05) is 4.68 Å². The molecule has 4 heterocycles. The van der Waals surface area contributed by atoms with Crippen molar-refractivity contribution in [3.05, 3.63) is 35.5 Å². The molecule has 0 radical (unpaired) electrons. The summed E-state index contributed by atoms with van der Waals surface area (Å²) in [5.41, 5.74) is 9.73. The van der Waals surface area contributed by atoms with Crippen molar-refractivity contribution in [1.29, 1.82) is 0 Å². The topological polar surface area (TPSA) is 136 Å². The largest absolute Gasteiger partial charge is 0.496 e. The number of hydrogen-bond acceptors (Lipinski definition) is 10. The van der Waals surface area contributed by atoms with Crippen molar-refractivity contribution in [1.82, 2.24) is 30.0 Å². The van der Waals surface area contributed by atoms with Crippen LogP contribution in [0.15, 0.2) is 24.4 Å². The fourth-order valence-corrected chi connectivity index (χ4v) is 5.87. The van der Waals surface area contributed by atoms with Crippen molar-refractivity contribution >= 4 is 22.8 Å². The first-order valence-corrected chi connectivity index (χ1v) is 14.2. The van der Waals surface area contributed by atoms with E-state index in [1.165, 1.54) is 5.56 Å². The summed E-state index contributed by atoms with van der Waals surface area (Å²) in [5, 5.41) is 21.3. The summed E-state index contributed by atoms with van der Waals surface area (Å²) in [7, 11) is 1.72. The normalized spacial score (nSPS) is 19.8. The standard InChI is InChI=1S/C28H42N8O3/c1-3-4-21(7-12-37)32-27-26-23(33-28(29)34-27)16-31-36(26)17-20-6-5-19(15-25(20)38-2)24-18-35(11-10-30-24)22-8-13-39-14-9-22/h5-6,15-16,21-22,24,30,37H,3-4,7-14,17-18H2,1-2H3,(H3,29,32,33,34)/t21-,24?/m0/s1. The van der Waals surface area contributed by atoms with Crippen LogP contribution >= 0.6 is 0 Å². The van der Waals surface area contributed by atoms with Gasteiger partial charge in [0.15, 0.2) is 5.82 Å². The molecule has 0 aliphatic carbocycles. The maximum Gasteiger partial charge on any atom is 0.222 e. The van der Waals surface area contributed by atoms with Gasteiger partial charge in [0.05, 0.1) is 19.9 Å². The average Bonchev–Trinajstić information content (AvgIpc) is 3.36. The lowest BCUT2D eigenvalue weighted by Gasteiger charge is -2.40. The van der Waals surface area contributed by atoms with Gasteiger partial charge in [0.2, 0.25) is 5.95 Å². The highest BCUT2D eigenvalue weighted by Gasteiger charge is 2.28. The summed E-state index contributed by atoms with van der Waals surface area (Å²) in [4.78, 5) is 11.5. The monoisotopic (exact) mass is 538 g/mol. The minimum Gasteiger partial charge on any atom is -0.496 e. The van der Waals surface area contributed by atoms with Crippen LogP contribution in [0.4, 0.5) is 11.8 Å². The Morgan fingerprint density at radius 1 is 1.26 bits per heavy atom. The Kier molecular flexibility index (Phi) is 9.13. The predicted molar refractivity (Wildman–Crippen MR) is 152 cm³/mol. The van der Waals surface area contributed by atoms with Gasteiger partial charge in [-0.2, -0.15) is 10.1 Å². The number of aromatic nitrogens is 4. The summed E-state index contributed by atoms with van der Waals surface area (Å²) in [6, 6.07) is 7.42. The summed E-state index contributed by atoms with van der Waals surface area (Å²) in [6.45, 7) is 7.48. The number of hydrogen-bond donors (Lipinski definition) is 4. The summed E-state index contributed by atoms with van der Waals surface area (Å²) >= 11 is 0. The Labute approximate surface area is 230 Å². The number of nitrogens with one attached hydrogen (secondary N) is 2. The number of nitrogens with zero attached hydrogens (tertiary/aromatic N) is 5. The van der Waals surface area contributed by atoms with Crippen LogP contribution in [0.1, 0.15) is 56.2 Å². The molecular weight excluding hydrogens is 496 g/mol. The fourth-order valence-electron chi connectivity index (χ4n) is 5.87. The van der Waals surface area contributed by atoms with E-state index in [-0.39, 0.29) is 24.6 Å². The molecule has 1 unspecified atom stereocenters. The Bertz CT molecular complexity index is 1220. The van der Waals surface area contributed by atoms with E-state index in [9.17, 15) is 5.11 Å². The molecule has 3 aromatic rings. The minimum absolute atomic E-state index is 0.0818. The molecule has 0 spiro atoms. The van der Waals surface area contributed by atoms with E-state index < -0.39 is 0 Å². The average molecular weight is 539 g/mol.